The van der Waals surface area contributed by atoms with E-state index in [2.05, 4.69) is 25.5 Å². The SMILES string of the molecule is CCNC(=O)NC(=O)CN1CCN(c2ncccn2)CC1. The lowest BCUT2D eigenvalue weighted by Gasteiger charge is -2.34. The van der Waals surface area contributed by atoms with Crippen molar-refractivity contribution in [2.75, 3.05) is 44.2 Å². The summed E-state index contributed by atoms with van der Waals surface area (Å²) >= 11 is 0. The average Bonchev–Trinajstić information content (AvgIpc) is 2.49. The van der Waals surface area contributed by atoms with Crippen LogP contribution in [0.2, 0.25) is 0 Å². The third-order valence-corrected chi connectivity index (χ3v) is 3.16. The van der Waals surface area contributed by atoms with Crippen LogP contribution in [0.5, 0.6) is 0 Å². The number of hydrogen-bond acceptors (Lipinski definition) is 6. The lowest BCUT2D eigenvalue weighted by molar-refractivity contribution is -0.121. The standard InChI is InChI=1S/C13H20N6O2/c1-2-14-13(21)17-11(20)10-18-6-8-19(9-7-18)12-15-4-3-5-16-12/h3-5H,2,6-10H2,1H3,(H2,14,17,20,21). The van der Waals surface area contributed by atoms with Gasteiger partial charge in [-0.3, -0.25) is 15.0 Å². The van der Waals surface area contributed by atoms with Crippen LogP contribution in [0.3, 0.4) is 0 Å². The molecule has 0 aliphatic carbocycles. The van der Waals surface area contributed by atoms with Gasteiger partial charge in [0, 0.05) is 45.1 Å². The number of rotatable bonds is 4. The predicted octanol–water partition coefficient (Wildman–Crippen LogP) is -0.556. The number of carbonyl (C=O) groups excluding carboxylic acids is 2. The van der Waals surface area contributed by atoms with Crippen LogP contribution in [-0.4, -0.2) is 66.1 Å². The van der Waals surface area contributed by atoms with Gasteiger partial charge in [-0.15, -0.1) is 0 Å². The van der Waals surface area contributed by atoms with Crippen LogP contribution in [0.4, 0.5) is 10.7 Å². The summed E-state index contributed by atoms with van der Waals surface area (Å²) in [6.07, 6.45) is 3.43. The second-order valence-corrected chi connectivity index (χ2v) is 4.72. The van der Waals surface area contributed by atoms with Crippen LogP contribution in [0.15, 0.2) is 18.5 Å². The Hall–Kier alpha value is -2.22. The molecule has 0 atom stereocenters. The van der Waals surface area contributed by atoms with Crippen molar-refractivity contribution in [1.82, 2.24) is 25.5 Å². The fourth-order valence-electron chi connectivity index (χ4n) is 2.13. The lowest BCUT2D eigenvalue weighted by Crippen LogP contribution is -2.51. The van der Waals surface area contributed by atoms with E-state index in [1.807, 2.05) is 4.90 Å². The van der Waals surface area contributed by atoms with Crippen LogP contribution in [0.25, 0.3) is 0 Å². The number of carbonyl (C=O) groups is 2. The molecule has 2 rings (SSSR count). The maximum atomic E-state index is 11.7. The smallest absolute Gasteiger partial charge is 0.321 e. The van der Waals surface area contributed by atoms with Crippen molar-refractivity contribution in [3.63, 3.8) is 0 Å². The Balaban J connectivity index is 1.74. The molecule has 1 aliphatic heterocycles. The number of aromatic nitrogens is 2. The minimum Gasteiger partial charge on any atom is -0.338 e. The van der Waals surface area contributed by atoms with E-state index in [1.165, 1.54) is 0 Å². The molecule has 1 aromatic heterocycles. The van der Waals surface area contributed by atoms with Gasteiger partial charge >= 0.3 is 6.03 Å². The molecule has 8 heteroatoms. The van der Waals surface area contributed by atoms with E-state index in [0.29, 0.717) is 12.5 Å². The van der Waals surface area contributed by atoms with Gasteiger partial charge in [-0.25, -0.2) is 14.8 Å². The minimum absolute atomic E-state index is 0.223. The summed E-state index contributed by atoms with van der Waals surface area (Å²) in [5.74, 6) is 0.425. The largest absolute Gasteiger partial charge is 0.338 e. The topological polar surface area (TPSA) is 90.5 Å². The lowest BCUT2D eigenvalue weighted by atomic mass is 10.3. The summed E-state index contributed by atoms with van der Waals surface area (Å²) < 4.78 is 0. The van der Waals surface area contributed by atoms with Crippen LogP contribution in [0.1, 0.15) is 6.92 Å². The van der Waals surface area contributed by atoms with E-state index >= 15 is 0 Å². The van der Waals surface area contributed by atoms with Crippen molar-refractivity contribution in [2.45, 2.75) is 6.92 Å². The van der Waals surface area contributed by atoms with Gasteiger partial charge < -0.3 is 10.2 Å². The highest BCUT2D eigenvalue weighted by Crippen LogP contribution is 2.09. The Morgan fingerprint density at radius 2 is 1.86 bits per heavy atom. The summed E-state index contributed by atoms with van der Waals surface area (Å²) in [4.78, 5) is 35.5. The first-order valence-corrected chi connectivity index (χ1v) is 7.01. The van der Waals surface area contributed by atoms with Crippen molar-refractivity contribution < 1.29 is 9.59 Å². The summed E-state index contributed by atoms with van der Waals surface area (Å²) in [7, 11) is 0. The van der Waals surface area contributed by atoms with Crippen LogP contribution < -0.4 is 15.5 Å². The van der Waals surface area contributed by atoms with Gasteiger partial charge in [-0.2, -0.15) is 0 Å². The van der Waals surface area contributed by atoms with Crippen LogP contribution >= 0.6 is 0 Å². The summed E-state index contributed by atoms with van der Waals surface area (Å²) in [5, 5.41) is 4.83. The molecule has 21 heavy (non-hydrogen) atoms. The highest BCUT2D eigenvalue weighted by Gasteiger charge is 2.20. The maximum Gasteiger partial charge on any atom is 0.321 e. The Kier molecular flexibility index (Phi) is 5.44. The molecule has 1 aromatic rings. The normalized spacial score (nSPS) is 15.6. The average molecular weight is 292 g/mol. The van der Waals surface area contributed by atoms with Gasteiger partial charge in [0.1, 0.15) is 0 Å². The third kappa shape index (κ3) is 4.67. The highest BCUT2D eigenvalue weighted by molar-refractivity contribution is 5.95. The summed E-state index contributed by atoms with van der Waals surface area (Å²) in [5.41, 5.74) is 0. The van der Waals surface area contributed by atoms with Crippen molar-refractivity contribution >= 4 is 17.9 Å². The Bertz CT molecular complexity index is 473. The maximum absolute atomic E-state index is 11.7. The fraction of sp³-hybridized carbons (Fsp3) is 0.538. The van der Waals surface area contributed by atoms with E-state index in [9.17, 15) is 9.59 Å². The number of amides is 3. The first-order valence-electron chi connectivity index (χ1n) is 7.01. The van der Waals surface area contributed by atoms with E-state index < -0.39 is 6.03 Å². The van der Waals surface area contributed by atoms with Gasteiger partial charge in [0.25, 0.3) is 0 Å². The molecule has 1 saturated heterocycles. The van der Waals surface area contributed by atoms with E-state index in [4.69, 9.17) is 0 Å². The van der Waals surface area contributed by atoms with Crippen LogP contribution in [-0.2, 0) is 4.79 Å². The zero-order chi connectivity index (χ0) is 15.1. The number of hydrogen-bond donors (Lipinski definition) is 2. The molecule has 1 aliphatic rings. The zero-order valence-electron chi connectivity index (χ0n) is 12.1. The molecule has 0 saturated carbocycles. The summed E-state index contributed by atoms with van der Waals surface area (Å²) in [6, 6.07) is 1.34. The Labute approximate surface area is 123 Å². The van der Waals surface area contributed by atoms with Gasteiger partial charge in [0.05, 0.1) is 6.54 Å². The minimum atomic E-state index is -0.446. The zero-order valence-corrected chi connectivity index (χ0v) is 12.1. The van der Waals surface area contributed by atoms with Gasteiger partial charge in [0.15, 0.2) is 0 Å². The molecule has 114 valence electrons. The monoisotopic (exact) mass is 292 g/mol. The van der Waals surface area contributed by atoms with E-state index in [1.54, 1.807) is 25.4 Å². The molecule has 0 bridgehead atoms. The molecule has 0 aromatic carbocycles. The van der Waals surface area contributed by atoms with Crippen molar-refractivity contribution in [3.8, 4) is 0 Å². The van der Waals surface area contributed by atoms with Gasteiger partial charge in [-0.1, -0.05) is 0 Å². The predicted molar refractivity (Wildman–Crippen MR) is 77.9 cm³/mol. The van der Waals surface area contributed by atoms with E-state index in [0.717, 1.165) is 26.2 Å². The molecule has 8 nitrogen and oxygen atoms in total. The molecule has 2 N–H and O–H groups in total. The van der Waals surface area contributed by atoms with E-state index in [-0.39, 0.29) is 12.5 Å². The molecular formula is C13H20N6O2. The van der Waals surface area contributed by atoms with Gasteiger partial charge in [0.2, 0.25) is 11.9 Å². The van der Waals surface area contributed by atoms with Crippen molar-refractivity contribution in [2.24, 2.45) is 0 Å². The Morgan fingerprint density at radius 1 is 1.19 bits per heavy atom. The molecule has 3 amide bonds. The molecular weight excluding hydrogens is 272 g/mol. The first-order chi connectivity index (χ1) is 10.2. The number of piperazine rings is 1. The number of nitrogens with zero attached hydrogens (tertiary/aromatic N) is 4. The fourth-order valence-corrected chi connectivity index (χ4v) is 2.13. The first kappa shape index (κ1) is 15.2. The number of imide groups is 1. The summed E-state index contributed by atoms with van der Waals surface area (Å²) in [6.45, 7) is 5.52. The van der Waals surface area contributed by atoms with Crippen molar-refractivity contribution in [3.05, 3.63) is 18.5 Å². The molecule has 2 heterocycles. The number of nitrogens with one attached hydrogen (secondary N) is 2. The molecule has 1 fully saturated rings. The van der Waals surface area contributed by atoms with Crippen LogP contribution in [0, 0.1) is 0 Å². The number of urea groups is 1. The Morgan fingerprint density at radius 3 is 2.48 bits per heavy atom. The quantitative estimate of drug-likeness (QED) is 0.773. The molecule has 0 unspecified atom stereocenters. The second-order valence-electron chi connectivity index (χ2n) is 4.72. The number of anilines is 1. The highest BCUT2D eigenvalue weighted by atomic mass is 16.2. The molecule has 0 spiro atoms. The molecule has 0 radical (unpaired) electrons. The van der Waals surface area contributed by atoms with Crippen molar-refractivity contribution in [1.29, 1.82) is 0 Å². The third-order valence-electron chi connectivity index (χ3n) is 3.16. The van der Waals surface area contributed by atoms with Gasteiger partial charge in [-0.05, 0) is 13.0 Å². The second kappa shape index (κ2) is 7.53.